The number of hydrogen-bond acceptors (Lipinski definition) is 4. The average molecular weight is 370 g/mol. The van der Waals surface area contributed by atoms with Crippen molar-refractivity contribution >= 4 is 44.9 Å². The molecule has 0 saturated heterocycles. The van der Waals surface area contributed by atoms with Crippen molar-refractivity contribution in [1.29, 1.82) is 0 Å². The quantitative estimate of drug-likeness (QED) is 0.678. The summed E-state index contributed by atoms with van der Waals surface area (Å²) >= 11 is 0. The van der Waals surface area contributed by atoms with Gasteiger partial charge in [0.1, 0.15) is 11.6 Å². The van der Waals surface area contributed by atoms with Gasteiger partial charge < -0.3 is 9.72 Å². The van der Waals surface area contributed by atoms with Crippen molar-refractivity contribution in [3.05, 3.63) is 48.0 Å². The van der Waals surface area contributed by atoms with Crippen LogP contribution in [0.25, 0.3) is 11.0 Å². The Morgan fingerprint density at radius 3 is 2.92 bits per heavy atom. The molecule has 0 aliphatic heterocycles. The lowest BCUT2D eigenvalue weighted by Crippen LogP contribution is -2.03. The van der Waals surface area contributed by atoms with Crippen molar-refractivity contribution in [1.82, 2.24) is 15.0 Å². The minimum Gasteiger partial charge on any atom is -0.493 e. The van der Waals surface area contributed by atoms with Crippen LogP contribution in [-0.2, 0) is 16.6 Å². The standard InChI is InChI=1S/C17H16FN3O2S.Mg/c18-12-3-4-15-16(7-12)21-17(20-15)24(22)10-13-8-14(5-6-19-13)23-9-11-1-2-11;/h3-8,11H,1-2,9-10H2,(H,20,21);. The molecular weight excluding hydrogens is 354 g/mol. The number of imidazole rings is 1. The minimum atomic E-state index is -1.39. The molecule has 126 valence electrons. The van der Waals surface area contributed by atoms with Crippen LogP contribution >= 0.6 is 0 Å². The summed E-state index contributed by atoms with van der Waals surface area (Å²) in [5, 5.41) is 0.321. The Balaban J connectivity index is 0.00000182. The molecular formula is C17H16FMgN3O2S. The van der Waals surface area contributed by atoms with Gasteiger partial charge in [0.05, 0.1) is 39.9 Å². The number of nitrogens with one attached hydrogen (secondary N) is 1. The van der Waals surface area contributed by atoms with E-state index in [-0.39, 0.29) is 34.6 Å². The Bertz CT molecular complexity index is 914. The van der Waals surface area contributed by atoms with Crippen LogP contribution in [0.4, 0.5) is 4.39 Å². The average Bonchev–Trinajstić information content (AvgIpc) is 3.31. The molecule has 4 rings (SSSR count). The molecule has 2 aromatic heterocycles. The van der Waals surface area contributed by atoms with Gasteiger partial charge in [-0.15, -0.1) is 0 Å². The zero-order valence-corrected chi connectivity index (χ0v) is 15.8. The molecule has 5 nitrogen and oxygen atoms in total. The van der Waals surface area contributed by atoms with Gasteiger partial charge in [0, 0.05) is 35.3 Å². The number of rotatable bonds is 6. The van der Waals surface area contributed by atoms with Gasteiger partial charge in [0.2, 0.25) is 0 Å². The molecule has 1 N–H and O–H groups in total. The van der Waals surface area contributed by atoms with Crippen LogP contribution in [0.15, 0.2) is 41.7 Å². The zero-order valence-electron chi connectivity index (χ0n) is 13.6. The number of hydrogen-bond donors (Lipinski definition) is 1. The van der Waals surface area contributed by atoms with Gasteiger partial charge in [-0.25, -0.2) is 9.37 Å². The molecule has 1 aromatic carbocycles. The fraction of sp³-hybridized carbons (Fsp3) is 0.294. The SMILES string of the molecule is O=S(Cc1cc(OCC2CC2)ccn1)c1nc2ccc(F)cc2[nH]1.[Mg]. The second kappa shape index (κ2) is 7.80. The molecule has 0 spiro atoms. The first-order valence-electron chi connectivity index (χ1n) is 7.79. The summed E-state index contributed by atoms with van der Waals surface area (Å²) in [5.41, 5.74) is 1.80. The topological polar surface area (TPSA) is 67.9 Å². The molecule has 25 heavy (non-hydrogen) atoms. The van der Waals surface area contributed by atoms with E-state index >= 15 is 0 Å². The van der Waals surface area contributed by atoms with E-state index in [1.165, 1.54) is 25.0 Å². The Morgan fingerprint density at radius 2 is 2.12 bits per heavy atom. The molecule has 1 atom stereocenters. The molecule has 1 fully saturated rings. The summed E-state index contributed by atoms with van der Waals surface area (Å²) in [7, 11) is -1.39. The van der Waals surface area contributed by atoms with E-state index in [1.807, 2.05) is 6.07 Å². The van der Waals surface area contributed by atoms with Gasteiger partial charge in [0.15, 0.2) is 5.16 Å². The molecule has 0 amide bonds. The highest BCUT2D eigenvalue weighted by Crippen LogP contribution is 2.29. The van der Waals surface area contributed by atoms with Crippen molar-refractivity contribution in [2.45, 2.75) is 23.8 Å². The van der Waals surface area contributed by atoms with Crippen LogP contribution in [0.1, 0.15) is 18.5 Å². The van der Waals surface area contributed by atoms with Crippen LogP contribution in [-0.4, -0.2) is 48.8 Å². The lowest BCUT2D eigenvalue weighted by molar-refractivity contribution is 0.299. The third-order valence-corrected chi connectivity index (χ3v) is 5.07. The summed E-state index contributed by atoms with van der Waals surface area (Å²) in [6.45, 7) is 0.724. The fourth-order valence-electron chi connectivity index (χ4n) is 2.39. The van der Waals surface area contributed by atoms with Crippen LogP contribution in [0.2, 0.25) is 0 Å². The van der Waals surface area contributed by atoms with E-state index in [0.717, 1.165) is 12.4 Å². The molecule has 1 saturated carbocycles. The first-order chi connectivity index (χ1) is 11.7. The fourth-order valence-corrected chi connectivity index (χ4v) is 3.38. The van der Waals surface area contributed by atoms with Crippen molar-refractivity contribution < 1.29 is 13.3 Å². The second-order valence-corrected chi connectivity index (χ2v) is 7.30. The van der Waals surface area contributed by atoms with E-state index < -0.39 is 10.8 Å². The Hall–Kier alpha value is -1.51. The highest BCUT2D eigenvalue weighted by molar-refractivity contribution is 7.84. The van der Waals surface area contributed by atoms with Gasteiger partial charge in [-0.05, 0) is 43.0 Å². The normalized spacial score (nSPS) is 14.9. The van der Waals surface area contributed by atoms with E-state index in [0.29, 0.717) is 27.8 Å². The van der Waals surface area contributed by atoms with Gasteiger partial charge >= 0.3 is 0 Å². The lowest BCUT2D eigenvalue weighted by Gasteiger charge is -2.06. The summed E-state index contributed by atoms with van der Waals surface area (Å²) in [5.74, 6) is 1.29. The highest BCUT2D eigenvalue weighted by Gasteiger charge is 2.22. The molecule has 8 heteroatoms. The van der Waals surface area contributed by atoms with Gasteiger partial charge in [0.25, 0.3) is 0 Å². The summed E-state index contributed by atoms with van der Waals surface area (Å²) in [4.78, 5) is 11.4. The number of halogens is 1. The van der Waals surface area contributed by atoms with E-state index in [4.69, 9.17) is 4.74 Å². The van der Waals surface area contributed by atoms with Crippen molar-refractivity contribution in [3.8, 4) is 5.75 Å². The number of fused-ring (bicyclic) bond motifs is 1. The second-order valence-electron chi connectivity index (χ2n) is 5.93. The van der Waals surface area contributed by atoms with Crippen LogP contribution in [0.3, 0.4) is 0 Å². The first kappa shape index (κ1) is 18.3. The van der Waals surface area contributed by atoms with Crippen molar-refractivity contribution in [2.75, 3.05) is 6.61 Å². The third-order valence-electron chi connectivity index (χ3n) is 3.89. The number of aromatic nitrogens is 3. The predicted molar refractivity (Wildman–Crippen MR) is 94.4 cm³/mol. The van der Waals surface area contributed by atoms with Crippen LogP contribution in [0.5, 0.6) is 5.75 Å². The minimum absolute atomic E-state index is 0. The molecule has 1 aliphatic rings. The smallest absolute Gasteiger partial charge is 0.197 e. The maximum atomic E-state index is 13.2. The largest absolute Gasteiger partial charge is 0.493 e. The summed E-state index contributed by atoms with van der Waals surface area (Å²) < 4.78 is 31.4. The third kappa shape index (κ3) is 4.56. The number of nitrogens with zero attached hydrogens (tertiary/aromatic N) is 2. The number of benzene rings is 1. The Morgan fingerprint density at radius 1 is 1.28 bits per heavy atom. The molecule has 2 radical (unpaired) electrons. The number of H-pyrrole nitrogens is 1. The maximum Gasteiger partial charge on any atom is 0.197 e. The summed E-state index contributed by atoms with van der Waals surface area (Å²) in [6.07, 6.45) is 4.12. The van der Waals surface area contributed by atoms with Crippen LogP contribution < -0.4 is 4.74 Å². The first-order valence-corrected chi connectivity index (χ1v) is 9.10. The summed E-state index contributed by atoms with van der Waals surface area (Å²) in [6, 6.07) is 7.85. The molecule has 1 unspecified atom stereocenters. The van der Waals surface area contributed by atoms with Gasteiger partial charge in [-0.1, -0.05) is 0 Å². The van der Waals surface area contributed by atoms with Gasteiger partial charge in [-0.3, -0.25) is 9.19 Å². The molecule has 3 aromatic rings. The zero-order chi connectivity index (χ0) is 16.5. The van der Waals surface area contributed by atoms with E-state index in [2.05, 4.69) is 15.0 Å². The van der Waals surface area contributed by atoms with E-state index in [1.54, 1.807) is 18.3 Å². The Labute approximate surface area is 163 Å². The van der Waals surface area contributed by atoms with Crippen molar-refractivity contribution in [2.24, 2.45) is 5.92 Å². The lowest BCUT2D eigenvalue weighted by atomic mass is 10.3. The van der Waals surface area contributed by atoms with E-state index in [9.17, 15) is 8.60 Å². The number of aromatic amines is 1. The number of pyridine rings is 1. The Kier molecular flexibility index (Phi) is 5.70. The molecule has 2 heterocycles. The predicted octanol–water partition coefficient (Wildman–Crippen LogP) is 2.81. The molecule has 1 aliphatic carbocycles. The van der Waals surface area contributed by atoms with Crippen LogP contribution in [0, 0.1) is 11.7 Å². The highest BCUT2D eigenvalue weighted by atomic mass is 32.2. The number of ether oxygens (including phenoxy) is 1. The maximum absolute atomic E-state index is 13.2. The van der Waals surface area contributed by atoms with Gasteiger partial charge in [-0.2, -0.15) is 0 Å². The molecule has 0 bridgehead atoms. The van der Waals surface area contributed by atoms with Crippen molar-refractivity contribution in [3.63, 3.8) is 0 Å². The monoisotopic (exact) mass is 369 g/mol.